The van der Waals surface area contributed by atoms with Crippen LogP contribution in [-0.4, -0.2) is 12.6 Å². The number of hydrogen-bond donors (Lipinski definition) is 1. The first-order chi connectivity index (χ1) is 6.77. The summed E-state index contributed by atoms with van der Waals surface area (Å²) in [6.07, 6.45) is 2.75. The molecule has 0 spiro atoms. The predicted octanol–water partition coefficient (Wildman–Crippen LogP) is 2.14. The van der Waals surface area contributed by atoms with Crippen LogP contribution in [0.15, 0.2) is 36.9 Å². The molecule has 0 aliphatic heterocycles. The predicted molar refractivity (Wildman–Crippen MR) is 59.5 cm³/mol. The van der Waals surface area contributed by atoms with Crippen LogP contribution in [0.25, 0.3) is 0 Å². The van der Waals surface area contributed by atoms with E-state index in [2.05, 4.69) is 6.58 Å². The van der Waals surface area contributed by atoms with Crippen LogP contribution in [0, 0.1) is 0 Å². The van der Waals surface area contributed by atoms with Gasteiger partial charge in [0.2, 0.25) is 0 Å². The van der Waals surface area contributed by atoms with Crippen LogP contribution in [0.5, 0.6) is 5.75 Å². The van der Waals surface area contributed by atoms with Gasteiger partial charge in [0.05, 0.1) is 0 Å². The molecule has 0 aliphatic carbocycles. The first-order valence-electron chi connectivity index (χ1n) is 4.83. The first kappa shape index (κ1) is 10.8. The summed E-state index contributed by atoms with van der Waals surface area (Å²) in [4.78, 5) is 0. The maximum atomic E-state index is 5.67. The minimum Gasteiger partial charge on any atom is -0.489 e. The number of ether oxygens (including phenoxy) is 1. The topological polar surface area (TPSA) is 35.2 Å². The van der Waals surface area contributed by atoms with E-state index in [0.717, 1.165) is 17.7 Å². The van der Waals surface area contributed by atoms with Crippen LogP contribution in [0.3, 0.4) is 0 Å². The van der Waals surface area contributed by atoms with Gasteiger partial charge in [-0.25, -0.2) is 0 Å². The van der Waals surface area contributed by atoms with Crippen molar-refractivity contribution >= 4 is 0 Å². The average Bonchev–Trinajstić information content (AvgIpc) is 2.21. The van der Waals surface area contributed by atoms with Crippen molar-refractivity contribution in [3.63, 3.8) is 0 Å². The number of allylic oxidation sites excluding steroid dienone is 1. The fourth-order valence-electron chi connectivity index (χ4n) is 1.21. The Morgan fingerprint density at radius 3 is 2.86 bits per heavy atom. The van der Waals surface area contributed by atoms with E-state index in [1.165, 1.54) is 0 Å². The van der Waals surface area contributed by atoms with E-state index in [4.69, 9.17) is 10.5 Å². The number of hydrogen-bond acceptors (Lipinski definition) is 2. The zero-order valence-corrected chi connectivity index (χ0v) is 8.57. The molecule has 2 N–H and O–H groups in total. The van der Waals surface area contributed by atoms with Crippen molar-refractivity contribution in [1.29, 1.82) is 0 Å². The lowest BCUT2D eigenvalue weighted by Crippen LogP contribution is -2.23. The Labute approximate surface area is 85.4 Å². The molecule has 0 heterocycles. The lowest BCUT2D eigenvalue weighted by molar-refractivity contribution is 0.228. The van der Waals surface area contributed by atoms with Crippen molar-refractivity contribution in [3.8, 4) is 5.75 Å². The van der Waals surface area contributed by atoms with Crippen molar-refractivity contribution in [2.75, 3.05) is 6.54 Å². The Bertz CT molecular complexity index is 296. The summed E-state index contributed by atoms with van der Waals surface area (Å²) in [6.45, 7) is 6.21. The molecule has 1 aromatic rings. The lowest BCUT2D eigenvalue weighted by atomic mass is 10.1. The van der Waals surface area contributed by atoms with Crippen molar-refractivity contribution in [2.45, 2.75) is 19.4 Å². The summed E-state index contributed by atoms with van der Waals surface area (Å²) in [6, 6.07) is 7.97. The second-order valence-electron chi connectivity index (χ2n) is 3.26. The van der Waals surface area contributed by atoms with Gasteiger partial charge in [-0.2, -0.15) is 0 Å². The molecule has 1 unspecified atom stereocenters. The molecule has 1 rings (SSSR count). The molecule has 2 nitrogen and oxygen atoms in total. The zero-order valence-electron chi connectivity index (χ0n) is 8.57. The van der Waals surface area contributed by atoms with Gasteiger partial charge in [-0.1, -0.05) is 24.3 Å². The Hall–Kier alpha value is -1.28. The van der Waals surface area contributed by atoms with Gasteiger partial charge in [0.15, 0.2) is 0 Å². The van der Waals surface area contributed by atoms with Gasteiger partial charge in [-0.15, -0.1) is 6.58 Å². The first-order valence-corrected chi connectivity index (χ1v) is 4.83. The van der Waals surface area contributed by atoms with Crippen LogP contribution in [0.1, 0.15) is 12.5 Å². The third-order valence-electron chi connectivity index (χ3n) is 2.00. The summed E-state index contributed by atoms with van der Waals surface area (Å²) in [5, 5.41) is 0. The van der Waals surface area contributed by atoms with E-state index in [1.54, 1.807) is 0 Å². The molecule has 0 saturated heterocycles. The van der Waals surface area contributed by atoms with Crippen molar-refractivity contribution < 1.29 is 4.74 Å². The maximum Gasteiger partial charge on any atom is 0.123 e. The minimum absolute atomic E-state index is 0.0564. The summed E-state index contributed by atoms with van der Waals surface area (Å²) in [7, 11) is 0. The number of para-hydroxylation sites is 1. The summed E-state index contributed by atoms with van der Waals surface area (Å²) < 4.78 is 5.67. The number of rotatable bonds is 5. The van der Waals surface area contributed by atoms with Crippen LogP contribution in [-0.2, 0) is 6.42 Å². The molecule has 0 bridgehead atoms. The Balaban J connectivity index is 2.78. The van der Waals surface area contributed by atoms with Gasteiger partial charge in [-0.3, -0.25) is 0 Å². The smallest absolute Gasteiger partial charge is 0.123 e. The summed E-state index contributed by atoms with van der Waals surface area (Å²) in [5.74, 6) is 0.908. The van der Waals surface area contributed by atoms with Crippen LogP contribution in [0.4, 0.5) is 0 Å². The minimum atomic E-state index is 0.0564. The molecule has 76 valence electrons. The molecule has 0 radical (unpaired) electrons. The van der Waals surface area contributed by atoms with Gasteiger partial charge in [0.25, 0.3) is 0 Å². The monoisotopic (exact) mass is 191 g/mol. The standard InChI is InChI=1S/C12H17NO/c1-3-6-11-7-4-5-8-12(11)14-10(2)9-13/h3-5,7-8,10H,1,6,9,13H2,2H3. The maximum absolute atomic E-state index is 5.67. The van der Waals surface area contributed by atoms with Crippen LogP contribution >= 0.6 is 0 Å². The molecular weight excluding hydrogens is 174 g/mol. The molecule has 1 atom stereocenters. The molecule has 2 heteroatoms. The fourth-order valence-corrected chi connectivity index (χ4v) is 1.21. The van der Waals surface area contributed by atoms with E-state index >= 15 is 0 Å². The van der Waals surface area contributed by atoms with Gasteiger partial charge >= 0.3 is 0 Å². The Morgan fingerprint density at radius 1 is 1.50 bits per heavy atom. The molecule has 0 aliphatic rings. The highest BCUT2D eigenvalue weighted by molar-refractivity contribution is 5.34. The molecule has 0 amide bonds. The highest BCUT2D eigenvalue weighted by atomic mass is 16.5. The molecule has 0 fully saturated rings. The normalized spacial score (nSPS) is 12.1. The van der Waals surface area contributed by atoms with Gasteiger partial charge in [0, 0.05) is 6.54 Å². The average molecular weight is 191 g/mol. The van der Waals surface area contributed by atoms with E-state index in [1.807, 2.05) is 37.3 Å². The quantitative estimate of drug-likeness (QED) is 0.724. The van der Waals surface area contributed by atoms with E-state index in [9.17, 15) is 0 Å². The molecule has 0 aromatic heterocycles. The SMILES string of the molecule is C=CCc1ccccc1OC(C)CN. The summed E-state index contributed by atoms with van der Waals surface area (Å²) in [5.41, 5.74) is 6.65. The molecule has 14 heavy (non-hydrogen) atoms. The van der Waals surface area contributed by atoms with E-state index in [0.29, 0.717) is 6.54 Å². The van der Waals surface area contributed by atoms with Gasteiger partial charge in [-0.05, 0) is 25.0 Å². The highest BCUT2D eigenvalue weighted by Crippen LogP contribution is 2.19. The fraction of sp³-hybridized carbons (Fsp3) is 0.333. The number of benzene rings is 1. The highest BCUT2D eigenvalue weighted by Gasteiger charge is 2.04. The van der Waals surface area contributed by atoms with Crippen LogP contribution < -0.4 is 10.5 Å². The van der Waals surface area contributed by atoms with Crippen molar-refractivity contribution in [2.24, 2.45) is 5.73 Å². The lowest BCUT2D eigenvalue weighted by Gasteiger charge is -2.15. The third-order valence-corrected chi connectivity index (χ3v) is 2.00. The second-order valence-corrected chi connectivity index (χ2v) is 3.26. The van der Waals surface area contributed by atoms with E-state index < -0.39 is 0 Å². The van der Waals surface area contributed by atoms with Crippen LogP contribution in [0.2, 0.25) is 0 Å². The second kappa shape index (κ2) is 5.45. The van der Waals surface area contributed by atoms with Crippen molar-refractivity contribution in [3.05, 3.63) is 42.5 Å². The molecule has 0 saturated carbocycles. The third kappa shape index (κ3) is 2.89. The zero-order chi connectivity index (χ0) is 10.4. The molecule has 1 aromatic carbocycles. The van der Waals surface area contributed by atoms with E-state index in [-0.39, 0.29) is 6.10 Å². The van der Waals surface area contributed by atoms with Gasteiger partial charge in [0.1, 0.15) is 11.9 Å². The Morgan fingerprint density at radius 2 is 2.21 bits per heavy atom. The Kier molecular flexibility index (Phi) is 4.20. The van der Waals surface area contributed by atoms with Crippen molar-refractivity contribution in [1.82, 2.24) is 0 Å². The summed E-state index contributed by atoms with van der Waals surface area (Å²) >= 11 is 0. The largest absolute Gasteiger partial charge is 0.489 e. The molecular formula is C12H17NO. The van der Waals surface area contributed by atoms with Gasteiger partial charge < -0.3 is 10.5 Å². The number of nitrogens with two attached hydrogens (primary N) is 1.